The van der Waals surface area contributed by atoms with Crippen molar-refractivity contribution < 1.29 is 27.7 Å². The summed E-state index contributed by atoms with van der Waals surface area (Å²) >= 11 is 0. The number of aromatic nitrogens is 1. The maximum Gasteiger partial charge on any atom is 0.142 e. The number of aliphatic hydroxyl groups excluding tert-OH is 2. The van der Waals surface area contributed by atoms with Crippen molar-refractivity contribution in [2.24, 2.45) is 0 Å². The Hall–Kier alpha value is -0.840. The van der Waals surface area contributed by atoms with Crippen LogP contribution in [0.2, 0.25) is 0 Å². The molecule has 0 saturated carbocycles. The minimum Gasteiger partial charge on any atom is -1.00 e. The lowest BCUT2D eigenvalue weighted by Gasteiger charge is -2.07. The Balaban J connectivity index is 0.00000144. The third-order valence-electron chi connectivity index (χ3n) is 1.76. The van der Waals surface area contributed by atoms with E-state index in [0.717, 1.165) is 0 Å². The second-order valence-corrected chi connectivity index (χ2v) is 2.51. The fourth-order valence-corrected chi connectivity index (χ4v) is 0.997. The van der Waals surface area contributed by atoms with Gasteiger partial charge in [-0.3, -0.25) is 4.98 Å². The number of aromatic hydroxyl groups is 1. The Morgan fingerprint density at radius 1 is 1.31 bits per heavy atom. The fraction of sp³-hybridized carbons (Fsp3) is 0.375. The van der Waals surface area contributed by atoms with Crippen LogP contribution in [0.1, 0.15) is 16.8 Å². The van der Waals surface area contributed by atoms with E-state index in [4.69, 9.17) is 10.2 Å². The quantitative estimate of drug-likeness (QED) is 0.483. The van der Waals surface area contributed by atoms with Crippen molar-refractivity contribution >= 4 is 0 Å². The van der Waals surface area contributed by atoms with Gasteiger partial charge in [0.15, 0.2) is 0 Å². The highest BCUT2D eigenvalue weighted by Crippen LogP contribution is 2.23. The van der Waals surface area contributed by atoms with E-state index in [1.807, 2.05) is 0 Å². The monoisotopic (exact) mass is 204 g/mol. The van der Waals surface area contributed by atoms with E-state index >= 15 is 0 Å². The predicted octanol–water partition coefficient (Wildman–Crippen LogP) is -2.92. The van der Waals surface area contributed by atoms with Crippen molar-refractivity contribution in [1.82, 2.24) is 4.98 Å². The summed E-state index contributed by atoms with van der Waals surface area (Å²) in [6.07, 6.45) is 1.45. The second kappa shape index (κ2) is 5.01. The van der Waals surface area contributed by atoms with Crippen LogP contribution in [-0.4, -0.2) is 20.3 Å². The topological polar surface area (TPSA) is 73.6 Å². The van der Waals surface area contributed by atoms with Gasteiger partial charge in [-0.05, 0) is 6.92 Å². The highest BCUT2D eigenvalue weighted by molar-refractivity contribution is 5.39. The molecule has 0 aliphatic heterocycles. The lowest BCUT2D eigenvalue weighted by Crippen LogP contribution is -3.00. The standard InChI is InChI=1S/C8H11NO3.ClH/c1-5-8(12)7(4-11)6(3-10)2-9-5;/h2,10-12H,3-4H2,1H3;1H/p-1. The van der Waals surface area contributed by atoms with Gasteiger partial charge in [-0.1, -0.05) is 0 Å². The highest BCUT2D eigenvalue weighted by atomic mass is 35.5. The van der Waals surface area contributed by atoms with Gasteiger partial charge in [0.2, 0.25) is 0 Å². The smallest absolute Gasteiger partial charge is 0.142 e. The van der Waals surface area contributed by atoms with Gasteiger partial charge in [0.1, 0.15) is 5.75 Å². The average Bonchev–Trinajstić information content (AvgIpc) is 2.09. The molecule has 0 aliphatic rings. The van der Waals surface area contributed by atoms with E-state index in [-0.39, 0.29) is 31.4 Å². The molecule has 1 rings (SSSR count). The van der Waals surface area contributed by atoms with Gasteiger partial charge in [-0.15, -0.1) is 0 Å². The zero-order valence-corrected chi connectivity index (χ0v) is 7.91. The summed E-state index contributed by atoms with van der Waals surface area (Å²) in [7, 11) is 0. The fourth-order valence-electron chi connectivity index (χ4n) is 0.997. The molecule has 3 N–H and O–H groups in total. The summed E-state index contributed by atoms with van der Waals surface area (Å²) in [5.41, 5.74) is 1.27. The number of pyridine rings is 1. The number of halogens is 1. The van der Waals surface area contributed by atoms with E-state index in [9.17, 15) is 5.11 Å². The minimum absolute atomic E-state index is 0. The van der Waals surface area contributed by atoms with Crippen LogP contribution in [0.25, 0.3) is 0 Å². The van der Waals surface area contributed by atoms with Crippen LogP contribution < -0.4 is 12.4 Å². The molecule has 0 fully saturated rings. The lowest BCUT2D eigenvalue weighted by atomic mass is 10.1. The number of hydrogen-bond acceptors (Lipinski definition) is 4. The molecule has 5 heteroatoms. The molecule has 13 heavy (non-hydrogen) atoms. The number of rotatable bonds is 2. The van der Waals surface area contributed by atoms with Gasteiger partial charge in [0.25, 0.3) is 0 Å². The number of aliphatic hydroxyl groups is 2. The van der Waals surface area contributed by atoms with Crippen LogP contribution in [-0.2, 0) is 13.2 Å². The molecule has 0 saturated heterocycles. The van der Waals surface area contributed by atoms with E-state index in [2.05, 4.69) is 4.98 Å². The third-order valence-corrected chi connectivity index (χ3v) is 1.76. The molecule has 0 bridgehead atoms. The van der Waals surface area contributed by atoms with Crippen molar-refractivity contribution in [3.63, 3.8) is 0 Å². The molecule has 0 radical (unpaired) electrons. The molecule has 0 unspecified atom stereocenters. The molecule has 1 aromatic rings. The van der Waals surface area contributed by atoms with E-state index in [1.54, 1.807) is 6.92 Å². The first-order valence-corrected chi connectivity index (χ1v) is 3.58. The van der Waals surface area contributed by atoms with Gasteiger partial charge in [0, 0.05) is 17.3 Å². The van der Waals surface area contributed by atoms with Crippen molar-refractivity contribution in [2.75, 3.05) is 0 Å². The van der Waals surface area contributed by atoms with Gasteiger partial charge >= 0.3 is 0 Å². The van der Waals surface area contributed by atoms with E-state index < -0.39 is 0 Å². The molecule has 4 nitrogen and oxygen atoms in total. The van der Waals surface area contributed by atoms with Crippen LogP contribution >= 0.6 is 0 Å². The summed E-state index contributed by atoms with van der Waals surface area (Å²) in [5.74, 6) is -0.0379. The summed E-state index contributed by atoms with van der Waals surface area (Å²) in [6.45, 7) is 1.12. The Morgan fingerprint density at radius 3 is 2.38 bits per heavy atom. The average molecular weight is 205 g/mol. The van der Waals surface area contributed by atoms with Gasteiger partial charge < -0.3 is 27.7 Å². The summed E-state index contributed by atoms with van der Waals surface area (Å²) in [6, 6.07) is 0. The van der Waals surface area contributed by atoms with E-state index in [0.29, 0.717) is 16.8 Å². The molecule has 0 atom stereocenters. The molecular formula is C8H11ClNO3-. The molecule has 0 amide bonds. The SMILES string of the molecule is Cc1ncc(CO)c(CO)c1O.[Cl-]. The molecule has 0 aromatic carbocycles. The van der Waals surface area contributed by atoms with Crippen LogP contribution in [0.4, 0.5) is 0 Å². The largest absolute Gasteiger partial charge is 1.00 e. The van der Waals surface area contributed by atoms with Crippen LogP contribution in [0.15, 0.2) is 6.20 Å². The summed E-state index contributed by atoms with van der Waals surface area (Å²) < 4.78 is 0. The van der Waals surface area contributed by atoms with Crippen molar-refractivity contribution in [2.45, 2.75) is 20.1 Å². The number of hydrogen-bond donors (Lipinski definition) is 3. The molecular weight excluding hydrogens is 194 g/mol. The van der Waals surface area contributed by atoms with Crippen molar-refractivity contribution in [3.8, 4) is 5.75 Å². The molecule has 1 heterocycles. The maximum atomic E-state index is 9.38. The molecule has 1 aromatic heterocycles. The van der Waals surface area contributed by atoms with Crippen LogP contribution in [0.3, 0.4) is 0 Å². The van der Waals surface area contributed by atoms with Gasteiger partial charge in [-0.2, -0.15) is 0 Å². The van der Waals surface area contributed by atoms with Gasteiger partial charge in [-0.25, -0.2) is 0 Å². The Labute approximate surface area is 82.3 Å². The Morgan fingerprint density at radius 2 is 1.92 bits per heavy atom. The summed E-state index contributed by atoms with van der Waals surface area (Å²) in [5, 5.41) is 27.0. The maximum absolute atomic E-state index is 9.38. The zero-order valence-electron chi connectivity index (χ0n) is 7.16. The molecule has 74 valence electrons. The highest BCUT2D eigenvalue weighted by Gasteiger charge is 2.09. The van der Waals surface area contributed by atoms with Crippen LogP contribution in [0.5, 0.6) is 5.75 Å². The zero-order chi connectivity index (χ0) is 9.14. The summed E-state index contributed by atoms with van der Waals surface area (Å²) in [4.78, 5) is 3.84. The van der Waals surface area contributed by atoms with Crippen LogP contribution in [0, 0.1) is 6.92 Å². The normalized spacial score (nSPS) is 9.46. The lowest BCUT2D eigenvalue weighted by molar-refractivity contribution is -0.00000554. The molecule has 0 aliphatic carbocycles. The first-order valence-electron chi connectivity index (χ1n) is 3.58. The Bertz CT molecular complexity index is 291. The molecule has 0 spiro atoms. The van der Waals surface area contributed by atoms with Crippen molar-refractivity contribution in [3.05, 3.63) is 23.0 Å². The van der Waals surface area contributed by atoms with E-state index in [1.165, 1.54) is 6.20 Å². The first kappa shape index (κ1) is 12.2. The van der Waals surface area contributed by atoms with Crippen molar-refractivity contribution in [1.29, 1.82) is 0 Å². The second-order valence-electron chi connectivity index (χ2n) is 2.51. The number of nitrogens with zero attached hydrogens (tertiary/aromatic N) is 1. The predicted molar refractivity (Wildman–Crippen MR) is 42.5 cm³/mol. The van der Waals surface area contributed by atoms with Gasteiger partial charge in [0.05, 0.1) is 18.9 Å². The first-order chi connectivity index (χ1) is 5.70. The third kappa shape index (κ3) is 2.30. The Kier molecular flexibility index (Phi) is 4.69. The minimum atomic E-state index is -0.287. The number of aryl methyl sites for hydroxylation is 1.